The molecule has 2 rings (SSSR count). The molecule has 0 radical (unpaired) electrons. The first-order valence-electron chi connectivity index (χ1n) is 6.19. The minimum Gasteiger partial charge on any atom is -0.497 e. The maximum atomic E-state index is 5.99. The summed E-state index contributed by atoms with van der Waals surface area (Å²) in [6.45, 7) is 0.480. The van der Waals surface area contributed by atoms with E-state index in [1.165, 1.54) is 0 Å². The van der Waals surface area contributed by atoms with Crippen LogP contribution in [0.1, 0.15) is 11.6 Å². The van der Waals surface area contributed by atoms with Crippen molar-refractivity contribution in [3.8, 4) is 5.75 Å². The molecule has 0 aromatic heterocycles. The molecule has 20 heavy (non-hydrogen) atoms. The van der Waals surface area contributed by atoms with E-state index in [0.29, 0.717) is 11.6 Å². The summed E-state index contributed by atoms with van der Waals surface area (Å²) < 4.78 is 6.09. The Bertz CT molecular complexity index is 592. The van der Waals surface area contributed by atoms with Gasteiger partial charge in [-0.3, -0.25) is 0 Å². The molecular formula is C15H16BrClN2O. The summed E-state index contributed by atoms with van der Waals surface area (Å²) in [5.41, 5.74) is 7.91. The second kappa shape index (κ2) is 6.97. The van der Waals surface area contributed by atoms with Gasteiger partial charge in [0.1, 0.15) is 5.75 Å². The summed E-state index contributed by atoms with van der Waals surface area (Å²) in [7, 11) is 1.65. The van der Waals surface area contributed by atoms with E-state index in [2.05, 4.69) is 21.2 Å². The molecule has 0 saturated carbocycles. The predicted octanol–water partition coefficient (Wildman–Crippen LogP) is 4.22. The lowest BCUT2D eigenvalue weighted by Crippen LogP contribution is -2.20. The summed E-state index contributed by atoms with van der Waals surface area (Å²) in [4.78, 5) is 0. The Morgan fingerprint density at radius 1 is 1.30 bits per heavy atom. The Balaban J connectivity index is 2.21. The zero-order chi connectivity index (χ0) is 14.5. The maximum Gasteiger partial charge on any atom is 0.119 e. The normalized spacial score (nSPS) is 12.0. The Hall–Kier alpha value is -1.23. The third-order valence-electron chi connectivity index (χ3n) is 2.99. The summed E-state index contributed by atoms with van der Waals surface area (Å²) in [6, 6.07) is 13.6. The molecule has 3 nitrogen and oxygen atoms in total. The second-order valence-electron chi connectivity index (χ2n) is 4.34. The van der Waals surface area contributed by atoms with E-state index in [1.54, 1.807) is 7.11 Å². The van der Waals surface area contributed by atoms with Crippen LogP contribution in [0, 0.1) is 0 Å². The SMILES string of the molecule is COc1cccc(C(CN)Nc2ccc(Cl)c(Br)c2)c1. The fourth-order valence-electron chi connectivity index (χ4n) is 1.92. The molecule has 0 heterocycles. The molecule has 1 atom stereocenters. The summed E-state index contributed by atoms with van der Waals surface area (Å²) >= 11 is 9.41. The lowest BCUT2D eigenvalue weighted by atomic mass is 10.1. The van der Waals surface area contributed by atoms with Crippen molar-refractivity contribution in [2.24, 2.45) is 5.73 Å². The van der Waals surface area contributed by atoms with Crippen LogP contribution < -0.4 is 15.8 Å². The molecule has 1 unspecified atom stereocenters. The van der Waals surface area contributed by atoms with Gasteiger partial charge in [0.25, 0.3) is 0 Å². The summed E-state index contributed by atoms with van der Waals surface area (Å²) in [5.74, 6) is 0.819. The molecule has 3 N–H and O–H groups in total. The van der Waals surface area contributed by atoms with Gasteiger partial charge in [0.05, 0.1) is 18.2 Å². The number of nitrogens with one attached hydrogen (secondary N) is 1. The molecule has 0 spiro atoms. The number of methoxy groups -OCH3 is 1. The van der Waals surface area contributed by atoms with E-state index < -0.39 is 0 Å². The van der Waals surface area contributed by atoms with Crippen LogP contribution in [0.5, 0.6) is 5.75 Å². The van der Waals surface area contributed by atoms with Gasteiger partial charge in [-0.15, -0.1) is 0 Å². The Kier molecular flexibility index (Phi) is 5.29. The molecule has 0 aliphatic heterocycles. The van der Waals surface area contributed by atoms with Crippen molar-refractivity contribution in [2.45, 2.75) is 6.04 Å². The minimum atomic E-state index is 0.0122. The van der Waals surface area contributed by atoms with E-state index >= 15 is 0 Å². The fourth-order valence-corrected chi connectivity index (χ4v) is 2.42. The van der Waals surface area contributed by atoms with Crippen molar-refractivity contribution in [3.05, 3.63) is 57.5 Å². The first-order chi connectivity index (χ1) is 9.63. The molecule has 0 aliphatic rings. The van der Waals surface area contributed by atoms with Crippen molar-refractivity contribution in [1.82, 2.24) is 0 Å². The first-order valence-corrected chi connectivity index (χ1v) is 7.36. The summed E-state index contributed by atoms with van der Waals surface area (Å²) in [6.07, 6.45) is 0. The maximum absolute atomic E-state index is 5.99. The lowest BCUT2D eigenvalue weighted by molar-refractivity contribution is 0.414. The highest BCUT2D eigenvalue weighted by atomic mass is 79.9. The first kappa shape index (κ1) is 15.2. The number of halogens is 2. The largest absolute Gasteiger partial charge is 0.497 e. The van der Waals surface area contributed by atoms with Crippen LogP contribution in [0.3, 0.4) is 0 Å². The molecule has 5 heteroatoms. The highest BCUT2D eigenvalue weighted by Crippen LogP contribution is 2.28. The topological polar surface area (TPSA) is 47.3 Å². The smallest absolute Gasteiger partial charge is 0.119 e. The van der Waals surface area contributed by atoms with Gasteiger partial charge in [0.15, 0.2) is 0 Å². The molecule has 0 fully saturated rings. The van der Waals surface area contributed by atoms with Crippen molar-refractivity contribution < 1.29 is 4.74 Å². The third-order valence-corrected chi connectivity index (χ3v) is 4.21. The van der Waals surface area contributed by atoms with Gasteiger partial charge in [-0.1, -0.05) is 23.7 Å². The van der Waals surface area contributed by atoms with E-state index in [1.807, 2.05) is 42.5 Å². The average molecular weight is 356 g/mol. The molecule has 2 aromatic carbocycles. The number of nitrogens with two attached hydrogens (primary N) is 1. The average Bonchev–Trinajstić information content (AvgIpc) is 2.48. The van der Waals surface area contributed by atoms with Crippen LogP contribution in [0.4, 0.5) is 5.69 Å². The van der Waals surface area contributed by atoms with Gasteiger partial charge in [-0.25, -0.2) is 0 Å². The molecule has 2 aromatic rings. The van der Waals surface area contributed by atoms with Gasteiger partial charge in [-0.05, 0) is 51.8 Å². The van der Waals surface area contributed by atoms with E-state index in [4.69, 9.17) is 22.1 Å². The van der Waals surface area contributed by atoms with Gasteiger partial charge < -0.3 is 15.8 Å². The molecule has 0 saturated heterocycles. The quantitative estimate of drug-likeness (QED) is 0.844. The van der Waals surface area contributed by atoms with Gasteiger partial charge >= 0.3 is 0 Å². The van der Waals surface area contributed by atoms with Gasteiger partial charge in [-0.2, -0.15) is 0 Å². The molecule has 0 amide bonds. The van der Waals surface area contributed by atoms with Crippen LogP contribution in [-0.4, -0.2) is 13.7 Å². The zero-order valence-corrected chi connectivity index (χ0v) is 13.4. The van der Waals surface area contributed by atoms with Gasteiger partial charge in [0, 0.05) is 16.7 Å². The van der Waals surface area contributed by atoms with Crippen LogP contribution in [0.25, 0.3) is 0 Å². The highest BCUT2D eigenvalue weighted by molar-refractivity contribution is 9.10. The van der Waals surface area contributed by atoms with E-state index in [-0.39, 0.29) is 6.04 Å². The monoisotopic (exact) mass is 354 g/mol. The van der Waals surface area contributed by atoms with Crippen LogP contribution in [0.15, 0.2) is 46.9 Å². The number of benzene rings is 2. The van der Waals surface area contributed by atoms with Crippen molar-refractivity contribution in [2.75, 3.05) is 19.0 Å². The van der Waals surface area contributed by atoms with Crippen molar-refractivity contribution >= 4 is 33.2 Å². The number of hydrogen-bond donors (Lipinski definition) is 2. The van der Waals surface area contributed by atoms with Crippen molar-refractivity contribution in [3.63, 3.8) is 0 Å². The number of anilines is 1. The third kappa shape index (κ3) is 3.66. The lowest BCUT2D eigenvalue weighted by Gasteiger charge is -2.19. The highest BCUT2D eigenvalue weighted by Gasteiger charge is 2.11. The molecule has 0 aliphatic carbocycles. The van der Waals surface area contributed by atoms with E-state index in [9.17, 15) is 0 Å². The number of rotatable bonds is 5. The van der Waals surface area contributed by atoms with E-state index in [0.717, 1.165) is 21.5 Å². The van der Waals surface area contributed by atoms with Crippen LogP contribution in [-0.2, 0) is 0 Å². The minimum absolute atomic E-state index is 0.0122. The zero-order valence-electron chi connectivity index (χ0n) is 11.1. The fraction of sp³-hybridized carbons (Fsp3) is 0.200. The number of hydrogen-bond acceptors (Lipinski definition) is 3. The molecular weight excluding hydrogens is 340 g/mol. The predicted molar refractivity (Wildman–Crippen MR) is 87.6 cm³/mol. The molecule has 0 bridgehead atoms. The Labute approximate surface area is 132 Å². The van der Waals surface area contributed by atoms with Crippen LogP contribution >= 0.6 is 27.5 Å². The van der Waals surface area contributed by atoms with Gasteiger partial charge in [0.2, 0.25) is 0 Å². The Morgan fingerprint density at radius 3 is 2.75 bits per heavy atom. The van der Waals surface area contributed by atoms with Crippen molar-refractivity contribution in [1.29, 1.82) is 0 Å². The second-order valence-corrected chi connectivity index (χ2v) is 5.60. The number of ether oxygens (including phenoxy) is 1. The summed E-state index contributed by atoms with van der Waals surface area (Å²) in [5, 5.41) is 4.08. The molecule has 106 valence electrons. The van der Waals surface area contributed by atoms with Crippen LogP contribution in [0.2, 0.25) is 5.02 Å². The standard InChI is InChI=1S/C15H16BrClN2O/c1-20-12-4-2-3-10(7-12)15(9-18)19-11-5-6-14(17)13(16)8-11/h2-8,15,19H,9,18H2,1H3. The Morgan fingerprint density at radius 2 is 2.10 bits per heavy atom.